The first-order chi connectivity index (χ1) is 10.0. The molecule has 2 heterocycles. The van der Waals surface area contributed by atoms with Gasteiger partial charge in [-0.05, 0) is 40.2 Å². The van der Waals surface area contributed by atoms with Crippen molar-refractivity contribution >= 4 is 50.2 Å². The number of benzene rings is 1. The lowest BCUT2D eigenvalue weighted by molar-refractivity contribution is 0.102. The van der Waals surface area contributed by atoms with Crippen LogP contribution in [-0.2, 0) is 0 Å². The van der Waals surface area contributed by atoms with E-state index < -0.39 is 0 Å². The van der Waals surface area contributed by atoms with Crippen molar-refractivity contribution in [3.05, 3.63) is 56.1 Å². The predicted octanol–water partition coefficient (Wildman–Crippen LogP) is 2.92. The molecule has 0 spiro atoms. The van der Waals surface area contributed by atoms with Crippen molar-refractivity contribution < 1.29 is 4.79 Å². The molecule has 106 valence electrons. The van der Waals surface area contributed by atoms with Crippen LogP contribution in [0.3, 0.4) is 0 Å². The molecule has 0 unspecified atom stereocenters. The minimum Gasteiger partial charge on any atom is -0.321 e. The van der Waals surface area contributed by atoms with Gasteiger partial charge < -0.3 is 15.3 Å². The monoisotopic (exact) mass is 366 g/mol. The number of hydrogen-bond donors (Lipinski definition) is 3. The first-order valence-electron chi connectivity index (χ1n) is 5.88. The summed E-state index contributed by atoms with van der Waals surface area (Å²) in [4.78, 5) is 32.6. The summed E-state index contributed by atoms with van der Waals surface area (Å²) in [5.41, 5.74) is 1.71. The Labute approximate surface area is 131 Å². The van der Waals surface area contributed by atoms with E-state index >= 15 is 0 Å². The van der Waals surface area contributed by atoms with Crippen LogP contribution in [0, 0.1) is 0 Å². The molecule has 0 aliphatic heterocycles. The van der Waals surface area contributed by atoms with E-state index in [9.17, 15) is 9.59 Å². The van der Waals surface area contributed by atoms with Crippen LogP contribution in [0.2, 0.25) is 5.15 Å². The van der Waals surface area contributed by atoms with E-state index in [2.05, 4.69) is 36.2 Å². The third-order valence-corrected chi connectivity index (χ3v) is 3.81. The Balaban J connectivity index is 1.98. The van der Waals surface area contributed by atoms with Crippen LogP contribution in [0.4, 0.5) is 5.69 Å². The number of H-pyrrole nitrogens is 2. The Hall–Kier alpha value is -2.12. The van der Waals surface area contributed by atoms with Gasteiger partial charge in [0.15, 0.2) is 0 Å². The molecule has 3 rings (SSSR count). The van der Waals surface area contributed by atoms with Crippen LogP contribution < -0.4 is 11.0 Å². The average Bonchev–Trinajstić information content (AvgIpc) is 2.78. The standard InChI is InChI=1S/C13H8BrClN4O2/c14-7-4-9-10(19-13(21)18-9)5-8(7)17-12(20)6-2-1-3-16-11(6)15/h1-5H,(H,17,20)(H2,18,19,21). The lowest BCUT2D eigenvalue weighted by Crippen LogP contribution is -2.13. The highest BCUT2D eigenvalue weighted by atomic mass is 79.9. The molecule has 0 fully saturated rings. The largest absolute Gasteiger partial charge is 0.323 e. The minimum atomic E-state index is -0.383. The van der Waals surface area contributed by atoms with E-state index in [1.807, 2.05) is 0 Å². The van der Waals surface area contributed by atoms with Gasteiger partial charge in [0.25, 0.3) is 5.91 Å². The van der Waals surface area contributed by atoms with Gasteiger partial charge in [0.05, 0.1) is 22.3 Å². The van der Waals surface area contributed by atoms with Gasteiger partial charge >= 0.3 is 5.69 Å². The maximum Gasteiger partial charge on any atom is 0.323 e. The highest BCUT2D eigenvalue weighted by Gasteiger charge is 2.13. The van der Waals surface area contributed by atoms with Gasteiger partial charge in [0.1, 0.15) is 5.15 Å². The van der Waals surface area contributed by atoms with Gasteiger partial charge in [-0.3, -0.25) is 4.79 Å². The predicted molar refractivity (Wildman–Crippen MR) is 83.8 cm³/mol. The number of nitrogens with zero attached hydrogens (tertiary/aromatic N) is 1. The number of anilines is 1. The van der Waals surface area contributed by atoms with E-state index in [0.29, 0.717) is 21.2 Å². The number of amides is 1. The quantitative estimate of drug-likeness (QED) is 0.608. The zero-order valence-electron chi connectivity index (χ0n) is 10.4. The average molecular weight is 368 g/mol. The summed E-state index contributed by atoms with van der Waals surface area (Å²) >= 11 is 9.23. The van der Waals surface area contributed by atoms with Crippen molar-refractivity contribution in [2.24, 2.45) is 0 Å². The second kappa shape index (κ2) is 5.34. The molecule has 1 aromatic carbocycles. The number of carbonyl (C=O) groups excluding carboxylic acids is 1. The molecular weight excluding hydrogens is 360 g/mol. The Morgan fingerprint density at radius 1 is 1.29 bits per heavy atom. The van der Waals surface area contributed by atoms with Crippen molar-refractivity contribution in [2.45, 2.75) is 0 Å². The summed E-state index contributed by atoms with van der Waals surface area (Å²) < 4.78 is 0.638. The molecule has 3 aromatic rings. The number of fused-ring (bicyclic) bond motifs is 1. The van der Waals surface area contributed by atoms with E-state index in [-0.39, 0.29) is 22.3 Å². The van der Waals surface area contributed by atoms with E-state index in [1.165, 1.54) is 6.20 Å². The Kier molecular flexibility index (Phi) is 3.52. The molecule has 21 heavy (non-hydrogen) atoms. The summed E-state index contributed by atoms with van der Waals surface area (Å²) in [6, 6.07) is 6.56. The van der Waals surface area contributed by atoms with E-state index in [1.54, 1.807) is 24.3 Å². The van der Waals surface area contributed by atoms with Gasteiger partial charge in [-0.1, -0.05) is 11.6 Å². The fourth-order valence-corrected chi connectivity index (χ4v) is 2.54. The van der Waals surface area contributed by atoms with Gasteiger partial charge in [0.2, 0.25) is 0 Å². The Morgan fingerprint density at radius 2 is 2.00 bits per heavy atom. The van der Waals surface area contributed by atoms with Crippen molar-refractivity contribution in [1.82, 2.24) is 15.0 Å². The molecule has 6 nitrogen and oxygen atoms in total. The number of halogens is 2. The van der Waals surface area contributed by atoms with Crippen molar-refractivity contribution in [3.63, 3.8) is 0 Å². The van der Waals surface area contributed by atoms with Crippen LogP contribution in [0.25, 0.3) is 11.0 Å². The van der Waals surface area contributed by atoms with Gasteiger partial charge in [-0.2, -0.15) is 0 Å². The highest BCUT2D eigenvalue weighted by Crippen LogP contribution is 2.27. The van der Waals surface area contributed by atoms with Crippen LogP contribution in [-0.4, -0.2) is 20.9 Å². The van der Waals surface area contributed by atoms with Gasteiger partial charge in [-0.25, -0.2) is 9.78 Å². The molecule has 1 amide bonds. The maximum atomic E-state index is 12.2. The van der Waals surface area contributed by atoms with Crippen molar-refractivity contribution in [2.75, 3.05) is 5.32 Å². The zero-order valence-corrected chi connectivity index (χ0v) is 12.7. The molecule has 0 atom stereocenters. The molecule has 2 aromatic heterocycles. The first-order valence-corrected chi connectivity index (χ1v) is 7.05. The zero-order chi connectivity index (χ0) is 15.0. The summed E-state index contributed by atoms with van der Waals surface area (Å²) in [7, 11) is 0. The molecule has 0 saturated carbocycles. The van der Waals surface area contributed by atoms with Gasteiger partial charge in [0, 0.05) is 10.7 Å². The Bertz CT molecular complexity index is 903. The van der Waals surface area contributed by atoms with Crippen molar-refractivity contribution in [1.29, 1.82) is 0 Å². The summed E-state index contributed by atoms with van der Waals surface area (Å²) in [5.74, 6) is -0.383. The topological polar surface area (TPSA) is 90.6 Å². The second-order valence-corrected chi connectivity index (χ2v) is 5.47. The number of aromatic nitrogens is 3. The van der Waals surface area contributed by atoms with E-state index in [4.69, 9.17) is 11.6 Å². The van der Waals surface area contributed by atoms with Crippen LogP contribution >= 0.6 is 27.5 Å². The Morgan fingerprint density at radius 3 is 2.71 bits per heavy atom. The SMILES string of the molecule is O=C(Nc1cc2[nH]c(=O)[nH]c2cc1Br)c1cccnc1Cl. The molecule has 3 N–H and O–H groups in total. The lowest BCUT2D eigenvalue weighted by atomic mass is 10.2. The number of imidazole rings is 1. The third-order valence-electron chi connectivity index (χ3n) is 2.86. The first kappa shape index (κ1) is 13.8. The maximum absolute atomic E-state index is 12.2. The van der Waals surface area contributed by atoms with Crippen LogP contribution in [0.1, 0.15) is 10.4 Å². The fraction of sp³-hybridized carbons (Fsp3) is 0. The number of carbonyl (C=O) groups is 1. The molecule has 0 saturated heterocycles. The number of nitrogens with one attached hydrogen (secondary N) is 3. The smallest absolute Gasteiger partial charge is 0.321 e. The van der Waals surface area contributed by atoms with Gasteiger partial charge in [-0.15, -0.1) is 0 Å². The molecule has 0 aliphatic rings. The van der Waals surface area contributed by atoms with E-state index in [0.717, 1.165) is 0 Å². The minimum absolute atomic E-state index is 0.127. The second-order valence-electron chi connectivity index (χ2n) is 4.25. The number of aromatic amines is 2. The lowest BCUT2D eigenvalue weighted by Gasteiger charge is -2.08. The number of rotatable bonds is 2. The summed E-state index contributed by atoms with van der Waals surface area (Å²) in [5, 5.41) is 2.85. The molecule has 8 heteroatoms. The van der Waals surface area contributed by atoms with Crippen molar-refractivity contribution in [3.8, 4) is 0 Å². The summed E-state index contributed by atoms with van der Waals surface area (Å²) in [6.07, 6.45) is 1.51. The summed E-state index contributed by atoms with van der Waals surface area (Å²) in [6.45, 7) is 0. The molecule has 0 aliphatic carbocycles. The number of hydrogen-bond acceptors (Lipinski definition) is 3. The molecule has 0 bridgehead atoms. The highest BCUT2D eigenvalue weighted by molar-refractivity contribution is 9.10. The van der Waals surface area contributed by atoms with Crippen LogP contribution in [0.5, 0.6) is 0 Å². The fourth-order valence-electron chi connectivity index (χ4n) is 1.90. The van der Waals surface area contributed by atoms with Crippen LogP contribution in [0.15, 0.2) is 39.7 Å². The normalized spacial score (nSPS) is 10.8. The molecule has 0 radical (unpaired) electrons. The molecular formula is C13H8BrClN4O2. The third kappa shape index (κ3) is 2.70. The number of pyridine rings is 1.